The van der Waals surface area contributed by atoms with Crippen molar-refractivity contribution >= 4 is 0 Å². The summed E-state index contributed by atoms with van der Waals surface area (Å²) in [6.07, 6.45) is 8.89. The van der Waals surface area contributed by atoms with E-state index in [-0.39, 0.29) is 11.6 Å². The number of aromatic nitrogens is 3. The summed E-state index contributed by atoms with van der Waals surface area (Å²) in [7, 11) is 0. The van der Waals surface area contributed by atoms with Crippen LogP contribution in [0.2, 0.25) is 0 Å². The largest absolute Gasteiger partial charge is 0.368 e. The molecule has 112 valence electrons. The van der Waals surface area contributed by atoms with Gasteiger partial charge in [-0.05, 0) is 31.2 Å². The van der Waals surface area contributed by atoms with Gasteiger partial charge in [0.25, 0.3) is 0 Å². The van der Waals surface area contributed by atoms with E-state index in [4.69, 9.17) is 4.74 Å². The van der Waals surface area contributed by atoms with Crippen molar-refractivity contribution in [3.05, 3.63) is 48.5 Å². The fourth-order valence-electron chi connectivity index (χ4n) is 3.50. The molecule has 1 aromatic carbocycles. The molecule has 21 heavy (non-hydrogen) atoms. The van der Waals surface area contributed by atoms with Gasteiger partial charge in [0.1, 0.15) is 18.3 Å². The van der Waals surface area contributed by atoms with Crippen LogP contribution in [0.4, 0.5) is 0 Å². The third kappa shape index (κ3) is 2.72. The summed E-state index contributed by atoms with van der Waals surface area (Å²) < 4.78 is 8.46. The molecule has 4 nitrogen and oxygen atoms in total. The van der Waals surface area contributed by atoms with E-state index in [1.807, 2.05) is 11.0 Å². The van der Waals surface area contributed by atoms with Crippen LogP contribution in [0, 0.1) is 0 Å². The molecule has 4 heteroatoms. The topological polar surface area (TPSA) is 39.9 Å². The Kier molecular flexibility index (Phi) is 4.34. The van der Waals surface area contributed by atoms with Crippen molar-refractivity contribution in [2.45, 2.75) is 50.7 Å². The van der Waals surface area contributed by atoms with Gasteiger partial charge in [-0.15, -0.1) is 0 Å². The van der Waals surface area contributed by atoms with Gasteiger partial charge in [0.05, 0.1) is 6.04 Å². The molecule has 1 saturated heterocycles. The molecule has 2 aromatic rings. The Bertz CT molecular complexity index is 540. The van der Waals surface area contributed by atoms with Gasteiger partial charge in [-0.3, -0.25) is 0 Å². The Morgan fingerprint density at radius 3 is 2.86 bits per heavy atom. The number of ether oxygens (including phenoxy) is 1. The van der Waals surface area contributed by atoms with Crippen LogP contribution in [-0.4, -0.2) is 21.4 Å². The SMILES string of the molecule is CCCC1(c2ccccc2)OCCCCC1n1cncn1. The molecular weight excluding hydrogens is 262 g/mol. The Morgan fingerprint density at radius 1 is 1.29 bits per heavy atom. The molecule has 0 spiro atoms. The van der Waals surface area contributed by atoms with Gasteiger partial charge >= 0.3 is 0 Å². The van der Waals surface area contributed by atoms with Crippen molar-refractivity contribution in [1.29, 1.82) is 0 Å². The van der Waals surface area contributed by atoms with Crippen LogP contribution >= 0.6 is 0 Å². The molecule has 0 N–H and O–H groups in total. The number of nitrogens with zero attached hydrogens (tertiary/aromatic N) is 3. The fraction of sp³-hybridized carbons (Fsp3) is 0.529. The van der Waals surface area contributed by atoms with Crippen LogP contribution < -0.4 is 0 Å². The minimum Gasteiger partial charge on any atom is -0.368 e. The van der Waals surface area contributed by atoms with Gasteiger partial charge in [0.2, 0.25) is 0 Å². The highest BCUT2D eigenvalue weighted by atomic mass is 16.5. The maximum absolute atomic E-state index is 6.46. The number of hydrogen-bond acceptors (Lipinski definition) is 3. The first kappa shape index (κ1) is 14.3. The van der Waals surface area contributed by atoms with E-state index < -0.39 is 0 Å². The lowest BCUT2D eigenvalue weighted by Gasteiger charge is -2.39. The van der Waals surface area contributed by atoms with E-state index in [1.165, 1.54) is 12.0 Å². The zero-order chi connectivity index (χ0) is 14.5. The third-order valence-electron chi connectivity index (χ3n) is 4.41. The first-order valence-corrected chi connectivity index (χ1v) is 7.90. The minimum absolute atomic E-state index is 0.213. The van der Waals surface area contributed by atoms with E-state index >= 15 is 0 Å². The zero-order valence-corrected chi connectivity index (χ0v) is 12.6. The number of rotatable bonds is 4. The summed E-state index contributed by atoms with van der Waals surface area (Å²) >= 11 is 0. The summed E-state index contributed by atoms with van der Waals surface area (Å²) in [5.74, 6) is 0. The van der Waals surface area contributed by atoms with Crippen LogP contribution in [-0.2, 0) is 10.3 Å². The van der Waals surface area contributed by atoms with E-state index in [0.29, 0.717) is 0 Å². The highest BCUT2D eigenvalue weighted by Gasteiger charge is 2.43. The summed E-state index contributed by atoms with van der Waals surface area (Å²) in [6, 6.07) is 10.8. The van der Waals surface area contributed by atoms with Crippen LogP contribution in [0.5, 0.6) is 0 Å². The van der Waals surface area contributed by atoms with Gasteiger partial charge in [-0.1, -0.05) is 43.7 Å². The van der Waals surface area contributed by atoms with Crippen molar-refractivity contribution in [3.8, 4) is 0 Å². The first-order valence-electron chi connectivity index (χ1n) is 7.90. The van der Waals surface area contributed by atoms with Crippen LogP contribution in [0.1, 0.15) is 50.6 Å². The second-order valence-corrected chi connectivity index (χ2v) is 5.74. The average Bonchev–Trinajstić information content (AvgIpc) is 2.97. The van der Waals surface area contributed by atoms with E-state index in [9.17, 15) is 0 Å². The van der Waals surface area contributed by atoms with Gasteiger partial charge < -0.3 is 4.74 Å². The molecule has 0 bridgehead atoms. The summed E-state index contributed by atoms with van der Waals surface area (Å²) in [6.45, 7) is 3.04. The Balaban J connectivity index is 2.08. The maximum atomic E-state index is 6.46. The van der Waals surface area contributed by atoms with E-state index in [1.54, 1.807) is 6.33 Å². The van der Waals surface area contributed by atoms with Gasteiger partial charge in [-0.2, -0.15) is 5.10 Å². The first-order chi connectivity index (χ1) is 10.4. The molecule has 0 saturated carbocycles. The number of hydrogen-bond donors (Lipinski definition) is 0. The molecular formula is C17H23N3O. The molecule has 0 radical (unpaired) electrons. The van der Waals surface area contributed by atoms with Crippen molar-refractivity contribution in [3.63, 3.8) is 0 Å². The average molecular weight is 285 g/mol. The van der Waals surface area contributed by atoms with E-state index in [0.717, 1.165) is 32.3 Å². The fourth-order valence-corrected chi connectivity index (χ4v) is 3.50. The Morgan fingerprint density at radius 2 is 2.14 bits per heavy atom. The van der Waals surface area contributed by atoms with Crippen molar-refractivity contribution in [2.24, 2.45) is 0 Å². The van der Waals surface area contributed by atoms with Gasteiger partial charge in [-0.25, -0.2) is 9.67 Å². The second kappa shape index (κ2) is 6.39. The molecule has 2 atom stereocenters. The molecule has 2 heterocycles. The van der Waals surface area contributed by atoms with Gasteiger partial charge in [0.15, 0.2) is 0 Å². The third-order valence-corrected chi connectivity index (χ3v) is 4.41. The standard InChI is InChI=1S/C17H23N3O/c1-2-11-17(15-8-4-3-5-9-15)16(10-6-7-12-21-17)20-14-18-13-19-20/h3-5,8-9,13-14,16H,2,6-7,10-12H2,1H3. The monoisotopic (exact) mass is 285 g/mol. The lowest BCUT2D eigenvalue weighted by atomic mass is 9.80. The Hall–Kier alpha value is -1.68. The highest BCUT2D eigenvalue weighted by Crippen LogP contribution is 2.45. The van der Waals surface area contributed by atoms with Gasteiger partial charge in [0, 0.05) is 6.61 Å². The lowest BCUT2D eigenvalue weighted by Crippen LogP contribution is -2.39. The molecule has 1 fully saturated rings. The van der Waals surface area contributed by atoms with Crippen LogP contribution in [0.25, 0.3) is 0 Å². The molecule has 1 aromatic heterocycles. The van der Waals surface area contributed by atoms with Crippen LogP contribution in [0.3, 0.4) is 0 Å². The van der Waals surface area contributed by atoms with Crippen molar-refractivity contribution < 1.29 is 4.74 Å². The van der Waals surface area contributed by atoms with Crippen LogP contribution in [0.15, 0.2) is 43.0 Å². The quantitative estimate of drug-likeness (QED) is 0.859. The molecule has 1 aliphatic heterocycles. The second-order valence-electron chi connectivity index (χ2n) is 5.74. The lowest BCUT2D eigenvalue weighted by molar-refractivity contribution is -0.0883. The summed E-state index contributed by atoms with van der Waals surface area (Å²) in [5.41, 5.74) is 0.967. The minimum atomic E-state index is -0.291. The molecule has 2 unspecified atom stereocenters. The summed E-state index contributed by atoms with van der Waals surface area (Å²) in [4.78, 5) is 4.14. The molecule has 1 aliphatic rings. The smallest absolute Gasteiger partial charge is 0.137 e. The van der Waals surface area contributed by atoms with E-state index in [2.05, 4.69) is 47.3 Å². The Labute approximate surface area is 126 Å². The number of benzene rings is 1. The highest BCUT2D eigenvalue weighted by molar-refractivity contribution is 5.25. The van der Waals surface area contributed by atoms with Crippen molar-refractivity contribution in [2.75, 3.05) is 6.61 Å². The predicted molar refractivity (Wildman–Crippen MR) is 81.9 cm³/mol. The molecule has 0 amide bonds. The molecule has 0 aliphatic carbocycles. The summed E-state index contributed by atoms with van der Waals surface area (Å²) in [5, 5.41) is 4.41. The maximum Gasteiger partial charge on any atom is 0.137 e. The normalized spacial score (nSPS) is 26.4. The zero-order valence-electron chi connectivity index (χ0n) is 12.6. The molecule has 3 rings (SSSR count). The predicted octanol–water partition coefficient (Wildman–Crippen LogP) is 3.72. The van der Waals surface area contributed by atoms with Crippen molar-refractivity contribution in [1.82, 2.24) is 14.8 Å².